The van der Waals surface area contributed by atoms with Gasteiger partial charge in [0.25, 0.3) is 0 Å². The van der Waals surface area contributed by atoms with Crippen molar-refractivity contribution >= 4 is 0 Å². The standard InChI is InChI=1S/C12H26N2O2/c1-12(2)11-13(5-3-9-15)7-8-14(12)6-4-10-16/h15-16H,3-11H2,1-2H3. The maximum Gasteiger partial charge on any atom is 0.0443 e. The smallest absolute Gasteiger partial charge is 0.0443 e. The molecule has 1 aliphatic rings. The van der Waals surface area contributed by atoms with Crippen LogP contribution >= 0.6 is 0 Å². The minimum atomic E-state index is 0.183. The largest absolute Gasteiger partial charge is 0.396 e. The molecule has 0 aromatic rings. The Morgan fingerprint density at radius 3 is 2.19 bits per heavy atom. The highest BCUT2D eigenvalue weighted by Crippen LogP contribution is 2.20. The summed E-state index contributed by atoms with van der Waals surface area (Å²) in [6.45, 7) is 10.3. The lowest BCUT2D eigenvalue weighted by Crippen LogP contribution is -2.59. The van der Waals surface area contributed by atoms with Crippen LogP contribution in [0.4, 0.5) is 0 Å². The molecule has 1 rings (SSSR count). The molecule has 4 heteroatoms. The number of aliphatic hydroxyl groups is 2. The summed E-state index contributed by atoms with van der Waals surface area (Å²) >= 11 is 0. The van der Waals surface area contributed by atoms with Crippen molar-refractivity contribution in [1.82, 2.24) is 9.80 Å². The van der Waals surface area contributed by atoms with E-state index in [1.807, 2.05) is 0 Å². The van der Waals surface area contributed by atoms with Gasteiger partial charge in [0.2, 0.25) is 0 Å². The molecule has 1 fully saturated rings. The van der Waals surface area contributed by atoms with E-state index in [1.54, 1.807) is 0 Å². The molecular weight excluding hydrogens is 204 g/mol. The van der Waals surface area contributed by atoms with Crippen molar-refractivity contribution in [3.63, 3.8) is 0 Å². The SMILES string of the molecule is CC1(C)CN(CCCO)CCN1CCCO. The zero-order valence-corrected chi connectivity index (χ0v) is 10.7. The highest BCUT2D eigenvalue weighted by molar-refractivity contribution is 4.89. The molecule has 0 amide bonds. The Labute approximate surface area is 98.9 Å². The van der Waals surface area contributed by atoms with E-state index in [4.69, 9.17) is 10.2 Å². The first kappa shape index (κ1) is 13.9. The first-order valence-corrected chi connectivity index (χ1v) is 6.29. The number of piperazine rings is 1. The molecule has 0 unspecified atom stereocenters. The van der Waals surface area contributed by atoms with E-state index >= 15 is 0 Å². The van der Waals surface area contributed by atoms with E-state index < -0.39 is 0 Å². The van der Waals surface area contributed by atoms with Crippen LogP contribution in [0.2, 0.25) is 0 Å². The number of aliphatic hydroxyl groups excluding tert-OH is 2. The second-order valence-electron chi connectivity index (χ2n) is 5.23. The van der Waals surface area contributed by atoms with E-state index in [2.05, 4.69) is 23.6 Å². The Kier molecular flexibility index (Phi) is 5.69. The van der Waals surface area contributed by atoms with Crippen molar-refractivity contribution in [3.05, 3.63) is 0 Å². The van der Waals surface area contributed by atoms with Crippen LogP contribution in [0, 0.1) is 0 Å². The van der Waals surface area contributed by atoms with Crippen LogP contribution in [0.1, 0.15) is 26.7 Å². The van der Waals surface area contributed by atoms with Gasteiger partial charge in [-0.3, -0.25) is 4.90 Å². The maximum atomic E-state index is 8.87. The number of nitrogens with zero attached hydrogens (tertiary/aromatic N) is 2. The zero-order chi connectivity index (χ0) is 12.0. The molecule has 16 heavy (non-hydrogen) atoms. The Bertz CT molecular complexity index is 197. The van der Waals surface area contributed by atoms with E-state index in [1.165, 1.54) is 0 Å². The van der Waals surface area contributed by atoms with Crippen LogP contribution in [0.25, 0.3) is 0 Å². The van der Waals surface area contributed by atoms with Gasteiger partial charge in [-0.1, -0.05) is 0 Å². The van der Waals surface area contributed by atoms with E-state index in [0.29, 0.717) is 0 Å². The summed E-state index contributed by atoms with van der Waals surface area (Å²) in [5.41, 5.74) is 0.183. The summed E-state index contributed by atoms with van der Waals surface area (Å²) in [5, 5.41) is 17.7. The molecule has 4 nitrogen and oxygen atoms in total. The van der Waals surface area contributed by atoms with Crippen LogP contribution in [0.5, 0.6) is 0 Å². The van der Waals surface area contributed by atoms with Gasteiger partial charge in [0, 0.05) is 51.5 Å². The fraction of sp³-hybridized carbons (Fsp3) is 1.00. The minimum absolute atomic E-state index is 0.183. The summed E-state index contributed by atoms with van der Waals surface area (Å²) in [6, 6.07) is 0. The molecule has 0 radical (unpaired) electrons. The average molecular weight is 230 g/mol. The Morgan fingerprint density at radius 2 is 1.62 bits per heavy atom. The van der Waals surface area contributed by atoms with Crippen molar-refractivity contribution < 1.29 is 10.2 Å². The third-order valence-electron chi connectivity index (χ3n) is 3.37. The predicted molar refractivity (Wildman–Crippen MR) is 65.5 cm³/mol. The molecule has 0 aromatic carbocycles. The molecule has 0 aliphatic carbocycles. The zero-order valence-electron chi connectivity index (χ0n) is 10.7. The summed E-state index contributed by atoms with van der Waals surface area (Å²) < 4.78 is 0. The lowest BCUT2D eigenvalue weighted by atomic mass is 9.98. The number of hydrogen-bond donors (Lipinski definition) is 2. The topological polar surface area (TPSA) is 46.9 Å². The summed E-state index contributed by atoms with van der Waals surface area (Å²) in [7, 11) is 0. The van der Waals surface area contributed by atoms with Crippen LogP contribution in [0.3, 0.4) is 0 Å². The van der Waals surface area contributed by atoms with Crippen LogP contribution < -0.4 is 0 Å². The molecule has 0 spiro atoms. The lowest BCUT2D eigenvalue weighted by Gasteiger charge is -2.47. The second kappa shape index (κ2) is 6.55. The highest BCUT2D eigenvalue weighted by Gasteiger charge is 2.32. The molecular formula is C12H26N2O2. The fourth-order valence-corrected chi connectivity index (χ4v) is 2.45. The van der Waals surface area contributed by atoms with Gasteiger partial charge in [0.05, 0.1) is 0 Å². The molecule has 0 bridgehead atoms. The van der Waals surface area contributed by atoms with Crippen molar-refractivity contribution in [3.8, 4) is 0 Å². The maximum absolute atomic E-state index is 8.87. The third-order valence-corrected chi connectivity index (χ3v) is 3.37. The third kappa shape index (κ3) is 4.01. The van der Waals surface area contributed by atoms with E-state index in [-0.39, 0.29) is 18.8 Å². The predicted octanol–water partition coefficient (Wildman–Crippen LogP) is 0.147. The van der Waals surface area contributed by atoms with Crippen LogP contribution in [-0.4, -0.2) is 71.5 Å². The summed E-state index contributed by atoms with van der Waals surface area (Å²) in [6.07, 6.45) is 1.73. The Balaban J connectivity index is 2.38. The number of rotatable bonds is 6. The van der Waals surface area contributed by atoms with Gasteiger partial charge >= 0.3 is 0 Å². The molecule has 0 atom stereocenters. The first-order valence-electron chi connectivity index (χ1n) is 6.29. The average Bonchev–Trinajstić information content (AvgIpc) is 2.24. The van der Waals surface area contributed by atoms with Gasteiger partial charge in [-0.05, 0) is 26.7 Å². The molecule has 0 saturated carbocycles. The van der Waals surface area contributed by atoms with Gasteiger partial charge in [-0.15, -0.1) is 0 Å². The normalized spacial score (nSPS) is 22.5. The Hall–Kier alpha value is -0.160. The number of hydrogen-bond acceptors (Lipinski definition) is 4. The van der Waals surface area contributed by atoms with E-state index in [9.17, 15) is 0 Å². The van der Waals surface area contributed by atoms with E-state index in [0.717, 1.165) is 45.6 Å². The molecule has 1 aliphatic heterocycles. The van der Waals surface area contributed by atoms with Crippen LogP contribution in [0.15, 0.2) is 0 Å². The van der Waals surface area contributed by atoms with Crippen LogP contribution in [-0.2, 0) is 0 Å². The molecule has 1 saturated heterocycles. The van der Waals surface area contributed by atoms with Gasteiger partial charge in [-0.2, -0.15) is 0 Å². The molecule has 2 N–H and O–H groups in total. The van der Waals surface area contributed by atoms with Gasteiger partial charge in [-0.25, -0.2) is 0 Å². The first-order chi connectivity index (χ1) is 7.60. The minimum Gasteiger partial charge on any atom is -0.396 e. The highest BCUT2D eigenvalue weighted by atomic mass is 16.3. The molecule has 96 valence electrons. The summed E-state index contributed by atoms with van der Waals surface area (Å²) in [4.78, 5) is 4.88. The fourth-order valence-electron chi connectivity index (χ4n) is 2.45. The monoisotopic (exact) mass is 230 g/mol. The van der Waals surface area contributed by atoms with Crippen molar-refractivity contribution in [2.75, 3.05) is 45.9 Å². The van der Waals surface area contributed by atoms with Gasteiger partial charge < -0.3 is 15.1 Å². The van der Waals surface area contributed by atoms with Crippen molar-refractivity contribution in [2.45, 2.75) is 32.2 Å². The summed E-state index contributed by atoms with van der Waals surface area (Å²) in [5.74, 6) is 0. The second-order valence-corrected chi connectivity index (χ2v) is 5.23. The quantitative estimate of drug-likeness (QED) is 0.682. The lowest BCUT2D eigenvalue weighted by molar-refractivity contribution is 0.0142. The van der Waals surface area contributed by atoms with Crippen molar-refractivity contribution in [2.24, 2.45) is 0 Å². The Morgan fingerprint density at radius 1 is 1.00 bits per heavy atom. The van der Waals surface area contributed by atoms with Gasteiger partial charge in [0.15, 0.2) is 0 Å². The van der Waals surface area contributed by atoms with Crippen molar-refractivity contribution in [1.29, 1.82) is 0 Å². The van der Waals surface area contributed by atoms with Gasteiger partial charge in [0.1, 0.15) is 0 Å². The molecule has 0 aromatic heterocycles. The molecule has 1 heterocycles.